The molecule has 1 aliphatic heterocycles. The number of carbonyl (C=O) groups excluding carboxylic acids is 1. The molecule has 1 aromatic carbocycles. The summed E-state index contributed by atoms with van der Waals surface area (Å²) in [5.74, 6) is -0.0740. The number of β-amino-alcohol motifs (C(OH)–C–C–N with tert-alkyl or cyclic N) is 1. The highest BCUT2D eigenvalue weighted by atomic mass is 35.5. The summed E-state index contributed by atoms with van der Waals surface area (Å²) in [5, 5.41) is 12.0. The van der Waals surface area contributed by atoms with Crippen molar-refractivity contribution in [2.24, 2.45) is 5.73 Å². The summed E-state index contributed by atoms with van der Waals surface area (Å²) < 4.78 is 0. The lowest BCUT2D eigenvalue weighted by molar-refractivity contribution is -0.137. The van der Waals surface area contributed by atoms with E-state index >= 15 is 0 Å². The van der Waals surface area contributed by atoms with Gasteiger partial charge in [0.1, 0.15) is 5.82 Å². The van der Waals surface area contributed by atoms with Crippen LogP contribution in [-0.4, -0.2) is 34.7 Å². The average molecular weight is 340 g/mol. The van der Waals surface area contributed by atoms with Crippen LogP contribution in [0.25, 0.3) is 10.9 Å². The molecule has 0 saturated carbocycles. The third-order valence-electron chi connectivity index (χ3n) is 3.99. The number of hydrogen-bond donors (Lipinski definition) is 2. The maximum Gasteiger partial charge on any atom is 0.251 e. The second-order valence-electron chi connectivity index (χ2n) is 5.52. The van der Waals surface area contributed by atoms with Crippen LogP contribution in [0.1, 0.15) is 12.8 Å². The van der Waals surface area contributed by atoms with Gasteiger partial charge in [-0.25, -0.2) is 4.98 Å². The van der Waals surface area contributed by atoms with Gasteiger partial charge in [-0.1, -0.05) is 29.3 Å². The largest absolute Gasteiger partial charge is 0.378 e. The first-order valence-electron chi connectivity index (χ1n) is 6.93. The van der Waals surface area contributed by atoms with Gasteiger partial charge in [-0.15, -0.1) is 0 Å². The maximum atomic E-state index is 11.5. The molecule has 5 nitrogen and oxygen atoms in total. The monoisotopic (exact) mass is 339 g/mol. The first kappa shape index (κ1) is 15.3. The van der Waals surface area contributed by atoms with Crippen LogP contribution < -0.4 is 10.6 Å². The van der Waals surface area contributed by atoms with Gasteiger partial charge in [0.15, 0.2) is 5.60 Å². The highest BCUT2D eigenvalue weighted by molar-refractivity contribution is 6.45. The van der Waals surface area contributed by atoms with Crippen LogP contribution in [0.3, 0.4) is 0 Å². The Morgan fingerprint density at radius 3 is 2.77 bits per heavy atom. The van der Waals surface area contributed by atoms with Gasteiger partial charge >= 0.3 is 0 Å². The fourth-order valence-electron chi connectivity index (χ4n) is 2.73. The van der Waals surface area contributed by atoms with E-state index in [1.54, 1.807) is 6.07 Å². The minimum Gasteiger partial charge on any atom is -0.378 e. The molecule has 22 heavy (non-hydrogen) atoms. The van der Waals surface area contributed by atoms with Crippen molar-refractivity contribution < 1.29 is 9.90 Å². The van der Waals surface area contributed by atoms with Gasteiger partial charge in [-0.2, -0.15) is 0 Å². The van der Waals surface area contributed by atoms with Crippen molar-refractivity contribution in [3.63, 3.8) is 0 Å². The molecular formula is C15H15Cl2N3O2. The lowest BCUT2D eigenvalue weighted by atomic mass is 9.92. The number of rotatable bonds is 2. The normalized spacial score (nSPS) is 22.0. The number of aliphatic hydroxyl groups is 1. The van der Waals surface area contributed by atoms with Crippen LogP contribution in [0.2, 0.25) is 10.0 Å². The van der Waals surface area contributed by atoms with E-state index in [2.05, 4.69) is 4.98 Å². The van der Waals surface area contributed by atoms with E-state index in [0.717, 1.165) is 5.39 Å². The zero-order valence-corrected chi connectivity index (χ0v) is 13.2. The number of anilines is 1. The average Bonchev–Trinajstić information content (AvgIpc) is 2.51. The van der Waals surface area contributed by atoms with Gasteiger partial charge in [-0.05, 0) is 31.0 Å². The minimum atomic E-state index is -1.52. The molecule has 2 heterocycles. The summed E-state index contributed by atoms with van der Waals surface area (Å²) in [6, 6.07) is 7.29. The summed E-state index contributed by atoms with van der Waals surface area (Å²) in [6.45, 7) is 0.811. The third-order valence-corrected chi connectivity index (χ3v) is 4.79. The van der Waals surface area contributed by atoms with Crippen molar-refractivity contribution >= 4 is 45.8 Å². The number of benzene rings is 1. The number of amides is 1. The Bertz CT molecular complexity index is 753. The van der Waals surface area contributed by atoms with Crippen molar-refractivity contribution in [2.75, 3.05) is 18.0 Å². The molecule has 3 rings (SSSR count). The predicted molar refractivity (Wildman–Crippen MR) is 87.4 cm³/mol. The zero-order valence-electron chi connectivity index (χ0n) is 11.7. The molecular weight excluding hydrogens is 325 g/mol. The van der Waals surface area contributed by atoms with Crippen LogP contribution in [0.15, 0.2) is 24.3 Å². The van der Waals surface area contributed by atoms with Gasteiger partial charge in [0.05, 0.1) is 22.1 Å². The van der Waals surface area contributed by atoms with E-state index in [0.29, 0.717) is 40.8 Å². The van der Waals surface area contributed by atoms with E-state index in [-0.39, 0.29) is 6.54 Å². The Morgan fingerprint density at radius 1 is 1.32 bits per heavy atom. The summed E-state index contributed by atoms with van der Waals surface area (Å²) in [6.07, 6.45) is 1.02. The second-order valence-corrected chi connectivity index (χ2v) is 6.31. The van der Waals surface area contributed by atoms with Crippen molar-refractivity contribution in [1.29, 1.82) is 0 Å². The molecule has 0 aliphatic carbocycles. The highest BCUT2D eigenvalue weighted by Gasteiger charge is 2.39. The number of aromatic nitrogens is 1. The fourth-order valence-corrected chi connectivity index (χ4v) is 3.09. The molecule has 0 unspecified atom stereocenters. The van der Waals surface area contributed by atoms with Crippen molar-refractivity contribution in [3.8, 4) is 0 Å². The van der Waals surface area contributed by atoms with Gasteiger partial charge in [0.25, 0.3) is 5.91 Å². The number of hydrogen-bond acceptors (Lipinski definition) is 4. The number of fused-ring (bicyclic) bond motifs is 1. The first-order valence-corrected chi connectivity index (χ1v) is 7.68. The summed E-state index contributed by atoms with van der Waals surface area (Å²) in [7, 11) is 0. The lowest BCUT2D eigenvalue weighted by Gasteiger charge is -2.37. The van der Waals surface area contributed by atoms with Crippen LogP contribution in [0.4, 0.5) is 5.82 Å². The summed E-state index contributed by atoms with van der Waals surface area (Å²) in [5.41, 5.74) is 4.38. The third kappa shape index (κ3) is 2.60. The molecule has 0 spiro atoms. The van der Waals surface area contributed by atoms with E-state index in [1.807, 2.05) is 23.1 Å². The number of nitrogens with zero attached hydrogens (tertiary/aromatic N) is 2. The highest BCUT2D eigenvalue weighted by Crippen LogP contribution is 2.32. The lowest BCUT2D eigenvalue weighted by Crippen LogP contribution is -2.56. The molecule has 1 fully saturated rings. The topological polar surface area (TPSA) is 79.5 Å². The quantitative estimate of drug-likeness (QED) is 0.880. The molecule has 1 atom stereocenters. The fraction of sp³-hybridized carbons (Fsp3) is 0.333. The van der Waals surface area contributed by atoms with E-state index in [9.17, 15) is 9.90 Å². The number of pyridine rings is 1. The number of nitrogens with two attached hydrogens (primary N) is 1. The van der Waals surface area contributed by atoms with Crippen molar-refractivity contribution in [3.05, 3.63) is 34.3 Å². The molecule has 0 radical (unpaired) electrons. The molecule has 1 aliphatic rings. The van der Waals surface area contributed by atoms with Gasteiger partial charge in [0, 0.05) is 11.9 Å². The molecule has 7 heteroatoms. The SMILES string of the molecule is NC(=O)[C@@]1(O)CCCN(c2ccc3ccc(Cl)c(Cl)c3n2)C1. The molecule has 116 valence electrons. The molecule has 1 saturated heterocycles. The Hall–Kier alpha value is -1.56. The molecule has 3 N–H and O–H groups in total. The maximum absolute atomic E-state index is 11.5. The number of carbonyl (C=O) groups is 1. The van der Waals surface area contributed by atoms with Crippen LogP contribution in [-0.2, 0) is 4.79 Å². The van der Waals surface area contributed by atoms with Crippen molar-refractivity contribution in [2.45, 2.75) is 18.4 Å². The van der Waals surface area contributed by atoms with Crippen LogP contribution >= 0.6 is 23.2 Å². The Kier molecular flexibility index (Phi) is 3.89. The smallest absolute Gasteiger partial charge is 0.251 e. The minimum absolute atomic E-state index is 0.124. The van der Waals surface area contributed by atoms with E-state index < -0.39 is 11.5 Å². The van der Waals surface area contributed by atoms with Gasteiger partial charge in [-0.3, -0.25) is 4.79 Å². The van der Waals surface area contributed by atoms with Gasteiger partial charge in [0.2, 0.25) is 0 Å². The Balaban J connectivity index is 2.00. The van der Waals surface area contributed by atoms with Crippen LogP contribution in [0.5, 0.6) is 0 Å². The van der Waals surface area contributed by atoms with E-state index in [4.69, 9.17) is 28.9 Å². The number of primary amides is 1. The Morgan fingerprint density at radius 2 is 2.05 bits per heavy atom. The molecule has 0 bridgehead atoms. The summed E-state index contributed by atoms with van der Waals surface area (Å²) in [4.78, 5) is 17.8. The standard InChI is InChI=1S/C15H15Cl2N3O2/c16-10-4-2-9-3-5-11(19-13(9)12(10)17)20-7-1-6-15(22,8-20)14(18)21/h2-5,22H,1,6-8H2,(H2,18,21)/t15-/m1/s1. The van der Waals surface area contributed by atoms with Crippen molar-refractivity contribution in [1.82, 2.24) is 4.98 Å². The van der Waals surface area contributed by atoms with E-state index in [1.165, 1.54) is 0 Å². The summed E-state index contributed by atoms with van der Waals surface area (Å²) >= 11 is 12.2. The number of piperidine rings is 1. The van der Waals surface area contributed by atoms with Crippen LogP contribution in [0, 0.1) is 0 Å². The predicted octanol–water partition coefficient (Wildman–Crippen LogP) is 2.36. The second kappa shape index (κ2) is 5.57. The molecule has 1 amide bonds. The molecule has 1 aromatic heterocycles. The Labute approximate surface area is 137 Å². The zero-order chi connectivity index (χ0) is 15.9. The first-order chi connectivity index (χ1) is 10.4. The number of halogens is 2. The molecule has 2 aromatic rings. The van der Waals surface area contributed by atoms with Gasteiger partial charge < -0.3 is 15.7 Å².